The zero-order chi connectivity index (χ0) is 6.81. The number of hydrogen-bond acceptors (Lipinski definition) is 2. The van der Waals surface area contributed by atoms with E-state index in [4.69, 9.17) is 4.74 Å². The van der Waals surface area contributed by atoms with Gasteiger partial charge in [0.2, 0.25) is 0 Å². The molecule has 0 aliphatic carbocycles. The van der Waals surface area contributed by atoms with Crippen molar-refractivity contribution in [2.24, 2.45) is 0 Å². The van der Waals surface area contributed by atoms with Gasteiger partial charge in [0.05, 0.1) is 6.33 Å². The van der Waals surface area contributed by atoms with Crippen molar-refractivity contribution in [2.75, 3.05) is 6.61 Å². The highest BCUT2D eigenvalue weighted by Gasteiger charge is 2.15. The minimum absolute atomic E-state index is 0.252. The van der Waals surface area contributed by atoms with Crippen LogP contribution in [0.4, 0.5) is 0 Å². The first-order valence-electron chi connectivity index (χ1n) is 3.56. The van der Waals surface area contributed by atoms with Crippen LogP contribution in [0.2, 0.25) is 0 Å². The van der Waals surface area contributed by atoms with E-state index < -0.39 is 0 Å². The fraction of sp³-hybridized carbons (Fsp3) is 0.571. The van der Waals surface area contributed by atoms with E-state index in [-0.39, 0.29) is 6.23 Å². The van der Waals surface area contributed by atoms with E-state index in [9.17, 15) is 0 Å². The summed E-state index contributed by atoms with van der Waals surface area (Å²) in [5.74, 6) is 0. The van der Waals surface area contributed by atoms with E-state index in [1.807, 2.05) is 10.8 Å². The molecule has 10 heavy (non-hydrogen) atoms. The fourth-order valence-electron chi connectivity index (χ4n) is 1.24. The molecule has 0 radical (unpaired) electrons. The molecule has 1 aromatic rings. The number of rotatable bonds is 1. The Hall–Kier alpha value is -0.830. The Kier molecular flexibility index (Phi) is 1.43. The highest BCUT2D eigenvalue weighted by molar-refractivity contribution is 4.78. The Morgan fingerprint density at radius 2 is 2.60 bits per heavy atom. The minimum Gasteiger partial charge on any atom is -0.358 e. The zero-order valence-electron chi connectivity index (χ0n) is 5.73. The zero-order valence-corrected chi connectivity index (χ0v) is 5.73. The third kappa shape index (κ3) is 0.926. The summed E-state index contributed by atoms with van der Waals surface area (Å²) in [6, 6.07) is 0. The molecule has 1 aliphatic heterocycles. The van der Waals surface area contributed by atoms with E-state index in [1.165, 1.54) is 6.42 Å². The van der Waals surface area contributed by atoms with Crippen molar-refractivity contribution in [2.45, 2.75) is 19.1 Å². The number of hydrogen-bond donors (Lipinski definition) is 0. The van der Waals surface area contributed by atoms with Gasteiger partial charge < -0.3 is 9.30 Å². The van der Waals surface area contributed by atoms with Gasteiger partial charge in [-0.3, -0.25) is 0 Å². The average Bonchev–Trinajstić information content (AvgIpc) is 2.59. The summed E-state index contributed by atoms with van der Waals surface area (Å²) in [5.41, 5.74) is 0. The first-order chi connectivity index (χ1) is 4.97. The van der Waals surface area contributed by atoms with E-state index in [0.29, 0.717) is 0 Å². The molecule has 3 heteroatoms. The lowest BCUT2D eigenvalue weighted by atomic mass is 10.3. The second kappa shape index (κ2) is 2.42. The molecule has 0 N–H and O–H groups in total. The third-order valence-corrected chi connectivity index (χ3v) is 1.76. The average molecular weight is 138 g/mol. The van der Waals surface area contributed by atoms with Crippen LogP contribution in [0.5, 0.6) is 0 Å². The number of ether oxygens (including phenoxy) is 1. The fourth-order valence-corrected chi connectivity index (χ4v) is 1.24. The van der Waals surface area contributed by atoms with Gasteiger partial charge in [-0.15, -0.1) is 0 Å². The van der Waals surface area contributed by atoms with Gasteiger partial charge in [-0.05, 0) is 12.8 Å². The van der Waals surface area contributed by atoms with Crippen molar-refractivity contribution < 1.29 is 4.74 Å². The lowest BCUT2D eigenvalue weighted by Crippen LogP contribution is -2.03. The van der Waals surface area contributed by atoms with Crippen molar-refractivity contribution in [1.29, 1.82) is 0 Å². The van der Waals surface area contributed by atoms with Crippen molar-refractivity contribution in [3.8, 4) is 0 Å². The molecule has 3 nitrogen and oxygen atoms in total. The van der Waals surface area contributed by atoms with E-state index in [1.54, 1.807) is 12.5 Å². The summed E-state index contributed by atoms with van der Waals surface area (Å²) in [6.45, 7) is 0.892. The minimum atomic E-state index is 0.252. The van der Waals surface area contributed by atoms with Crippen molar-refractivity contribution >= 4 is 0 Å². The molecule has 1 saturated heterocycles. The standard InChI is InChI=1S/C7H10N2O/c1-2-7(10-5-1)9-4-3-8-6-9/h3-4,6-7H,1-2,5H2. The van der Waals surface area contributed by atoms with Crippen molar-refractivity contribution in [1.82, 2.24) is 9.55 Å². The molecule has 2 heterocycles. The topological polar surface area (TPSA) is 27.1 Å². The van der Waals surface area contributed by atoms with Crippen LogP contribution in [-0.4, -0.2) is 16.2 Å². The van der Waals surface area contributed by atoms with E-state index >= 15 is 0 Å². The van der Waals surface area contributed by atoms with Gasteiger partial charge in [0.1, 0.15) is 6.23 Å². The summed E-state index contributed by atoms with van der Waals surface area (Å²) in [5, 5.41) is 0. The predicted molar refractivity (Wildman–Crippen MR) is 36.5 cm³/mol. The van der Waals surface area contributed by atoms with Crippen LogP contribution in [0.3, 0.4) is 0 Å². The summed E-state index contributed by atoms with van der Waals surface area (Å²) in [6.07, 6.45) is 8.06. The van der Waals surface area contributed by atoms with Crippen molar-refractivity contribution in [3.63, 3.8) is 0 Å². The lowest BCUT2D eigenvalue weighted by molar-refractivity contribution is 0.0565. The predicted octanol–water partition coefficient (Wildman–Crippen LogP) is 1.19. The first kappa shape index (κ1) is 5.92. The Balaban J connectivity index is 2.12. The van der Waals surface area contributed by atoms with Crippen LogP contribution >= 0.6 is 0 Å². The van der Waals surface area contributed by atoms with Gasteiger partial charge >= 0.3 is 0 Å². The summed E-state index contributed by atoms with van der Waals surface area (Å²) >= 11 is 0. The maximum absolute atomic E-state index is 5.42. The molecular formula is C7H10N2O. The Bertz CT molecular complexity index is 189. The largest absolute Gasteiger partial charge is 0.358 e. The molecule has 1 aliphatic rings. The van der Waals surface area contributed by atoms with Gasteiger partial charge in [-0.2, -0.15) is 0 Å². The molecule has 1 aromatic heterocycles. The molecule has 1 atom stereocenters. The Labute approximate surface area is 59.6 Å². The molecule has 54 valence electrons. The number of aromatic nitrogens is 2. The van der Waals surface area contributed by atoms with Gasteiger partial charge in [-0.1, -0.05) is 0 Å². The molecule has 0 spiro atoms. The number of nitrogens with zero attached hydrogens (tertiary/aromatic N) is 2. The molecule has 1 fully saturated rings. The second-order valence-electron chi connectivity index (χ2n) is 2.48. The lowest BCUT2D eigenvalue weighted by Gasteiger charge is -2.08. The van der Waals surface area contributed by atoms with E-state index in [2.05, 4.69) is 4.98 Å². The molecule has 2 rings (SSSR count). The van der Waals surface area contributed by atoms with E-state index in [0.717, 1.165) is 13.0 Å². The summed E-state index contributed by atoms with van der Waals surface area (Å²) in [4.78, 5) is 3.95. The van der Waals surface area contributed by atoms with Crippen molar-refractivity contribution in [3.05, 3.63) is 18.7 Å². The molecule has 1 unspecified atom stereocenters. The maximum atomic E-state index is 5.42. The summed E-state index contributed by atoms with van der Waals surface area (Å²) in [7, 11) is 0. The second-order valence-corrected chi connectivity index (χ2v) is 2.48. The smallest absolute Gasteiger partial charge is 0.134 e. The highest BCUT2D eigenvalue weighted by Crippen LogP contribution is 2.21. The van der Waals surface area contributed by atoms with Crippen LogP contribution < -0.4 is 0 Å². The normalized spacial score (nSPS) is 25.4. The quantitative estimate of drug-likeness (QED) is 0.583. The van der Waals surface area contributed by atoms with Gasteiger partial charge in [0.25, 0.3) is 0 Å². The SMILES string of the molecule is c1cn(C2CCCO2)cn1. The highest BCUT2D eigenvalue weighted by atomic mass is 16.5. The summed E-state index contributed by atoms with van der Waals surface area (Å²) < 4.78 is 7.43. The Morgan fingerprint density at radius 1 is 1.60 bits per heavy atom. The van der Waals surface area contributed by atoms with Crippen LogP contribution in [0.15, 0.2) is 18.7 Å². The number of imidazole rings is 1. The molecule has 0 aromatic carbocycles. The van der Waals surface area contributed by atoms with Crippen LogP contribution in [0.1, 0.15) is 19.1 Å². The van der Waals surface area contributed by atoms with Gasteiger partial charge in [0.15, 0.2) is 0 Å². The monoisotopic (exact) mass is 138 g/mol. The van der Waals surface area contributed by atoms with Gasteiger partial charge in [0, 0.05) is 19.0 Å². The van der Waals surface area contributed by atoms with Gasteiger partial charge in [-0.25, -0.2) is 4.98 Å². The first-order valence-corrected chi connectivity index (χ1v) is 3.56. The molecule has 0 saturated carbocycles. The molecule has 0 bridgehead atoms. The third-order valence-electron chi connectivity index (χ3n) is 1.76. The van der Waals surface area contributed by atoms with Crippen LogP contribution in [0, 0.1) is 0 Å². The Morgan fingerprint density at radius 3 is 3.20 bits per heavy atom. The molecule has 0 amide bonds. The molecular weight excluding hydrogens is 128 g/mol. The maximum Gasteiger partial charge on any atom is 0.134 e. The van der Waals surface area contributed by atoms with Crippen LogP contribution in [-0.2, 0) is 4.74 Å². The van der Waals surface area contributed by atoms with Crippen LogP contribution in [0.25, 0.3) is 0 Å².